The number of benzene rings is 1. The zero-order chi connectivity index (χ0) is 17.5. The molecule has 8 heteroatoms. The summed E-state index contributed by atoms with van der Waals surface area (Å²) in [7, 11) is 0. The van der Waals surface area contributed by atoms with Crippen LogP contribution < -0.4 is 10.6 Å². The minimum absolute atomic E-state index is 0.194. The molecule has 0 bridgehead atoms. The molecule has 1 aromatic heterocycles. The summed E-state index contributed by atoms with van der Waals surface area (Å²) in [4.78, 5) is 38.6. The minimum atomic E-state index is -1.12. The number of aryl methyl sites for hydroxylation is 1. The number of carbonyl (C=O) groups is 3. The van der Waals surface area contributed by atoms with Crippen LogP contribution in [-0.4, -0.2) is 38.5 Å². The first-order valence-corrected chi connectivity index (χ1v) is 7.35. The third kappa shape index (κ3) is 4.94. The Morgan fingerprint density at radius 3 is 2.79 bits per heavy atom. The second-order valence-electron chi connectivity index (χ2n) is 5.21. The quantitative estimate of drug-likeness (QED) is 0.704. The van der Waals surface area contributed by atoms with Gasteiger partial charge in [0.05, 0.1) is 6.33 Å². The third-order valence-corrected chi connectivity index (χ3v) is 3.28. The molecule has 8 nitrogen and oxygen atoms in total. The summed E-state index contributed by atoms with van der Waals surface area (Å²) in [5, 5.41) is 13.9. The number of imidazole rings is 1. The van der Waals surface area contributed by atoms with Crippen molar-refractivity contribution in [3.8, 4) is 0 Å². The topological polar surface area (TPSA) is 113 Å². The van der Waals surface area contributed by atoms with Crippen LogP contribution >= 0.6 is 0 Å². The fraction of sp³-hybridized carbons (Fsp3) is 0.250. The highest BCUT2D eigenvalue weighted by Crippen LogP contribution is 2.11. The van der Waals surface area contributed by atoms with E-state index in [1.165, 1.54) is 13.0 Å². The van der Waals surface area contributed by atoms with Crippen LogP contribution in [0.5, 0.6) is 0 Å². The lowest BCUT2D eigenvalue weighted by molar-refractivity contribution is -0.138. The summed E-state index contributed by atoms with van der Waals surface area (Å²) < 4.78 is 1.79. The van der Waals surface area contributed by atoms with Crippen LogP contribution in [0.3, 0.4) is 0 Å². The lowest BCUT2D eigenvalue weighted by Gasteiger charge is -2.11. The molecule has 0 aliphatic heterocycles. The molecule has 0 saturated heterocycles. The highest BCUT2D eigenvalue weighted by atomic mass is 16.4. The van der Waals surface area contributed by atoms with E-state index < -0.39 is 17.9 Å². The Kier molecular flexibility index (Phi) is 5.67. The molecule has 126 valence electrons. The summed E-state index contributed by atoms with van der Waals surface area (Å²) in [6.45, 7) is 1.88. The van der Waals surface area contributed by atoms with Crippen molar-refractivity contribution in [2.75, 3.05) is 5.32 Å². The number of carbonyl (C=O) groups excluding carboxylic acids is 2. The lowest BCUT2D eigenvalue weighted by atomic mass is 10.1. The standard InChI is InChI=1S/C16H18N4O4/c1-11(16(23)24)18-15(22)12-3-2-4-13(9-12)19-14(21)5-7-20-8-6-17-10-20/h2-4,6,8-11H,5,7H2,1H3,(H,18,22)(H,19,21)(H,23,24)/t11-/m1/s1. The Morgan fingerprint density at radius 1 is 1.33 bits per heavy atom. The predicted octanol–water partition coefficient (Wildman–Crippen LogP) is 1.11. The monoisotopic (exact) mass is 330 g/mol. The second-order valence-corrected chi connectivity index (χ2v) is 5.21. The first-order valence-electron chi connectivity index (χ1n) is 7.35. The average Bonchev–Trinajstić information content (AvgIpc) is 3.06. The summed E-state index contributed by atoms with van der Waals surface area (Å²) in [6.07, 6.45) is 5.30. The van der Waals surface area contributed by atoms with E-state index in [9.17, 15) is 14.4 Å². The van der Waals surface area contributed by atoms with Gasteiger partial charge in [0.25, 0.3) is 5.91 Å². The third-order valence-electron chi connectivity index (χ3n) is 3.28. The van der Waals surface area contributed by atoms with Gasteiger partial charge < -0.3 is 20.3 Å². The van der Waals surface area contributed by atoms with E-state index in [2.05, 4.69) is 15.6 Å². The van der Waals surface area contributed by atoms with Crippen molar-refractivity contribution in [3.05, 3.63) is 48.5 Å². The van der Waals surface area contributed by atoms with Crippen molar-refractivity contribution in [1.82, 2.24) is 14.9 Å². The average molecular weight is 330 g/mol. The maximum absolute atomic E-state index is 12.0. The SMILES string of the molecule is C[C@@H](NC(=O)c1cccc(NC(=O)CCn2ccnc2)c1)C(=O)O. The molecule has 3 N–H and O–H groups in total. The summed E-state index contributed by atoms with van der Waals surface area (Å²) >= 11 is 0. The van der Waals surface area contributed by atoms with Gasteiger partial charge in [-0.1, -0.05) is 6.07 Å². The number of anilines is 1. The van der Waals surface area contributed by atoms with Gasteiger partial charge in [-0.05, 0) is 25.1 Å². The van der Waals surface area contributed by atoms with E-state index in [-0.39, 0.29) is 17.9 Å². The highest BCUT2D eigenvalue weighted by Gasteiger charge is 2.15. The number of aromatic nitrogens is 2. The number of amides is 2. The molecule has 1 atom stereocenters. The van der Waals surface area contributed by atoms with Crippen molar-refractivity contribution in [2.45, 2.75) is 25.9 Å². The van der Waals surface area contributed by atoms with Gasteiger partial charge in [-0.15, -0.1) is 0 Å². The zero-order valence-electron chi connectivity index (χ0n) is 13.1. The number of nitrogens with zero attached hydrogens (tertiary/aromatic N) is 2. The normalized spacial score (nSPS) is 11.5. The van der Waals surface area contributed by atoms with Gasteiger partial charge >= 0.3 is 5.97 Å². The van der Waals surface area contributed by atoms with E-state index in [4.69, 9.17) is 5.11 Å². The summed E-state index contributed by atoms with van der Waals surface area (Å²) in [6, 6.07) is 5.33. The molecule has 0 spiro atoms. The Bertz CT molecular complexity index is 727. The minimum Gasteiger partial charge on any atom is -0.480 e. The van der Waals surface area contributed by atoms with Gasteiger partial charge in [-0.25, -0.2) is 4.98 Å². The molecule has 2 aromatic rings. The number of aliphatic carboxylic acids is 1. The lowest BCUT2D eigenvalue weighted by Crippen LogP contribution is -2.38. The molecule has 0 unspecified atom stereocenters. The molecular formula is C16H18N4O4. The van der Waals surface area contributed by atoms with Crippen LogP contribution in [-0.2, 0) is 16.1 Å². The van der Waals surface area contributed by atoms with Crippen molar-refractivity contribution in [2.24, 2.45) is 0 Å². The number of rotatable bonds is 7. The molecule has 0 aliphatic carbocycles. The Morgan fingerprint density at radius 2 is 2.12 bits per heavy atom. The fourth-order valence-electron chi connectivity index (χ4n) is 1.95. The molecule has 0 radical (unpaired) electrons. The van der Waals surface area contributed by atoms with Crippen molar-refractivity contribution < 1.29 is 19.5 Å². The summed E-state index contributed by atoms with van der Waals surface area (Å²) in [5.41, 5.74) is 0.747. The number of hydrogen-bond donors (Lipinski definition) is 3. The molecule has 0 fully saturated rings. The molecular weight excluding hydrogens is 312 g/mol. The van der Waals surface area contributed by atoms with Gasteiger partial charge in [0.15, 0.2) is 0 Å². The summed E-state index contributed by atoms with van der Waals surface area (Å²) in [5.74, 6) is -1.83. The zero-order valence-corrected chi connectivity index (χ0v) is 13.1. The molecule has 1 heterocycles. The highest BCUT2D eigenvalue weighted by molar-refractivity contribution is 5.98. The van der Waals surface area contributed by atoms with E-state index in [1.807, 2.05) is 0 Å². The van der Waals surface area contributed by atoms with E-state index in [0.717, 1.165) is 0 Å². The van der Waals surface area contributed by atoms with Gasteiger partial charge in [0.2, 0.25) is 5.91 Å². The second kappa shape index (κ2) is 7.91. The largest absolute Gasteiger partial charge is 0.480 e. The van der Waals surface area contributed by atoms with Gasteiger partial charge in [-0.3, -0.25) is 14.4 Å². The van der Waals surface area contributed by atoms with E-state index >= 15 is 0 Å². The van der Waals surface area contributed by atoms with Crippen LogP contribution in [0.4, 0.5) is 5.69 Å². The van der Waals surface area contributed by atoms with Crippen LogP contribution in [0.15, 0.2) is 43.0 Å². The van der Waals surface area contributed by atoms with E-state index in [1.54, 1.807) is 41.5 Å². The number of carboxylic acids is 1. The first kappa shape index (κ1) is 17.2. The van der Waals surface area contributed by atoms with Gasteiger partial charge in [0.1, 0.15) is 6.04 Å². The van der Waals surface area contributed by atoms with Crippen LogP contribution in [0.1, 0.15) is 23.7 Å². The fourth-order valence-corrected chi connectivity index (χ4v) is 1.95. The molecule has 1 aromatic carbocycles. The predicted molar refractivity (Wildman–Crippen MR) is 86.5 cm³/mol. The Hall–Kier alpha value is -3.16. The molecule has 0 aliphatic rings. The first-order chi connectivity index (χ1) is 11.5. The molecule has 24 heavy (non-hydrogen) atoms. The molecule has 0 saturated carbocycles. The molecule has 2 amide bonds. The van der Waals surface area contributed by atoms with Gasteiger partial charge in [0, 0.05) is 36.6 Å². The molecule has 2 rings (SSSR count). The maximum Gasteiger partial charge on any atom is 0.325 e. The van der Waals surface area contributed by atoms with Crippen molar-refractivity contribution in [3.63, 3.8) is 0 Å². The van der Waals surface area contributed by atoms with Crippen LogP contribution in [0.2, 0.25) is 0 Å². The number of nitrogens with one attached hydrogen (secondary N) is 2. The van der Waals surface area contributed by atoms with Gasteiger partial charge in [-0.2, -0.15) is 0 Å². The number of hydrogen-bond acceptors (Lipinski definition) is 4. The smallest absolute Gasteiger partial charge is 0.325 e. The van der Waals surface area contributed by atoms with Crippen molar-refractivity contribution in [1.29, 1.82) is 0 Å². The Labute approximate surface area is 138 Å². The van der Waals surface area contributed by atoms with Crippen LogP contribution in [0.25, 0.3) is 0 Å². The van der Waals surface area contributed by atoms with E-state index in [0.29, 0.717) is 12.2 Å². The van der Waals surface area contributed by atoms with Crippen molar-refractivity contribution >= 4 is 23.5 Å². The van der Waals surface area contributed by atoms with Crippen LogP contribution in [0, 0.1) is 0 Å². The maximum atomic E-state index is 12.0. The Balaban J connectivity index is 1.93. The number of carboxylic acid groups (broad SMARTS) is 1.